The lowest BCUT2D eigenvalue weighted by Crippen LogP contribution is -2.40. The van der Waals surface area contributed by atoms with E-state index in [-0.39, 0.29) is 23.3 Å². The van der Waals surface area contributed by atoms with Crippen LogP contribution in [0, 0.1) is 0 Å². The van der Waals surface area contributed by atoms with Gasteiger partial charge in [-0.15, -0.1) is 5.10 Å². The number of hydrogen-bond donors (Lipinski definition) is 2. The van der Waals surface area contributed by atoms with Gasteiger partial charge in [0.2, 0.25) is 0 Å². The number of fused-ring (bicyclic) bond motifs is 1. The molecule has 0 saturated heterocycles. The zero-order valence-corrected chi connectivity index (χ0v) is 13.9. The summed E-state index contributed by atoms with van der Waals surface area (Å²) in [5, 5.41) is 13.6. The maximum atomic E-state index is 12.5. The fourth-order valence-corrected chi connectivity index (χ4v) is 3.00. The van der Waals surface area contributed by atoms with Gasteiger partial charge in [0, 0.05) is 6.54 Å². The highest BCUT2D eigenvalue weighted by molar-refractivity contribution is 6.05. The van der Waals surface area contributed by atoms with Crippen molar-refractivity contribution in [3.05, 3.63) is 83.2 Å². The monoisotopic (exact) mass is 347 g/mol. The zero-order chi connectivity index (χ0) is 17.9. The summed E-state index contributed by atoms with van der Waals surface area (Å²) < 4.78 is 1.49. The summed E-state index contributed by atoms with van der Waals surface area (Å²) in [6.45, 7) is 0.796. The van der Waals surface area contributed by atoms with E-state index in [1.807, 2.05) is 60.7 Å². The average molecular weight is 347 g/mol. The van der Waals surface area contributed by atoms with E-state index in [9.17, 15) is 9.59 Å². The van der Waals surface area contributed by atoms with E-state index in [2.05, 4.69) is 20.9 Å². The molecule has 130 valence electrons. The summed E-state index contributed by atoms with van der Waals surface area (Å²) in [4.78, 5) is 25.0. The molecule has 4 rings (SSSR count). The Hall–Kier alpha value is -3.48. The summed E-state index contributed by atoms with van der Waals surface area (Å²) in [7, 11) is 0. The van der Waals surface area contributed by atoms with E-state index in [1.165, 1.54) is 4.68 Å². The third-order valence-electron chi connectivity index (χ3n) is 4.32. The lowest BCUT2D eigenvalue weighted by molar-refractivity contribution is 0.0876. The second kappa shape index (κ2) is 6.79. The molecule has 7 nitrogen and oxygen atoms in total. The van der Waals surface area contributed by atoms with Gasteiger partial charge in [-0.3, -0.25) is 9.59 Å². The maximum absolute atomic E-state index is 12.5. The second-order valence-electron chi connectivity index (χ2n) is 6.07. The van der Waals surface area contributed by atoms with E-state index in [4.69, 9.17) is 0 Å². The van der Waals surface area contributed by atoms with Crippen molar-refractivity contribution < 1.29 is 9.59 Å². The van der Waals surface area contributed by atoms with Crippen LogP contribution in [0.1, 0.15) is 38.1 Å². The number of nitrogens with one attached hydrogen (secondary N) is 2. The summed E-state index contributed by atoms with van der Waals surface area (Å²) in [5.41, 5.74) is 2.19. The van der Waals surface area contributed by atoms with Crippen LogP contribution in [-0.4, -0.2) is 26.8 Å². The van der Waals surface area contributed by atoms with Crippen LogP contribution in [-0.2, 0) is 13.1 Å². The largest absolute Gasteiger partial charge is 0.346 e. The van der Waals surface area contributed by atoms with Crippen molar-refractivity contribution in [3.63, 3.8) is 0 Å². The van der Waals surface area contributed by atoms with Crippen LogP contribution >= 0.6 is 0 Å². The Bertz CT molecular complexity index is 937. The molecule has 0 unspecified atom stereocenters. The first-order chi connectivity index (χ1) is 12.7. The van der Waals surface area contributed by atoms with Crippen LogP contribution in [0.2, 0.25) is 0 Å². The van der Waals surface area contributed by atoms with Crippen LogP contribution in [0.3, 0.4) is 0 Å². The zero-order valence-electron chi connectivity index (χ0n) is 13.9. The van der Waals surface area contributed by atoms with Crippen LogP contribution in [0.15, 0.2) is 60.7 Å². The highest BCUT2D eigenvalue weighted by Crippen LogP contribution is 2.21. The van der Waals surface area contributed by atoms with Gasteiger partial charge in [0.1, 0.15) is 0 Å². The Kier molecular flexibility index (Phi) is 4.18. The normalized spacial score (nSPS) is 15.8. The number of nitrogens with zero attached hydrogens (tertiary/aromatic N) is 3. The highest BCUT2D eigenvalue weighted by atomic mass is 16.2. The predicted molar refractivity (Wildman–Crippen MR) is 94.3 cm³/mol. The summed E-state index contributed by atoms with van der Waals surface area (Å²) >= 11 is 0. The number of rotatable bonds is 4. The van der Waals surface area contributed by atoms with E-state index >= 15 is 0 Å². The van der Waals surface area contributed by atoms with Crippen molar-refractivity contribution in [1.82, 2.24) is 25.6 Å². The standard InChI is InChI=1S/C19H17N5O2/c25-18(20-11-13-7-3-1-4-8-13)16-17-19(26)21-15(12-24(17)23-22-16)14-9-5-2-6-10-14/h1-10,15H,11-12H2,(H,20,25)(H,21,26)/t15-/m1/s1. The fourth-order valence-electron chi connectivity index (χ4n) is 3.00. The van der Waals surface area contributed by atoms with Gasteiger partial charge in [-0.1, -0.05) is 65.9 Å². The smallest absolute Gasteiger partial charge is 0.274 e. The highest BCUT2D eigenvalue weighted by Gasteiger charge is 2.32. The molecule has 2 aromatic carbocycles. The van der Waals surface area contributed by atoms with Crippen molar-refractivity contribution in [1.29, 1.82) is 0 Å². The van der Waals surface area contributed by atoms with Gasteiger partial charge in [-0.2, -0.15) is 0 Å². The Labute approximate surface area is 150 Å². The molecule has 0 bridgehead atoms. The SMILES string of the molecule is O=C(NCc1ccccc1)c1nnn2c1C(=O)N[C@@H](c1ccccc1)C2. The molecule has 0 aliphatic carbocycles. The molecule has 1 atom stereocenters. The molecule has 0 fully saturated rings. The molecule has 2 amide bonds. The van der Waals surface area contributed by atoms with Gasteiger partial charge in [-0.25, -0.2) is 4.68 Å². The minimum Gasteiger partial charge on any atom is -0.346 e. The molecule has 0 spiro atoms. The first-order valence-corrected chi connectivity index (χ1v) is 8.34. The third kappa shape index (κ3) is 3.06. The van der Waals surface area contributed by atoms with E-state index in [1.54, 1.807) is 0 Å². The molecule has 1 aliphatic heterocycles. The lowest BCUT2D eigenvalue weighted by atomic mass is 10.0. The van der Waals surface area contributed by atoms with Gasteiger partial charge >= 0.3 is 0 Å². The lowest BCUT2D eigenvalue weighted by Gasteiger charge is -2.24. The van der Waals surface area contributed by atoms with Crippen molar-refractivity contribution in [2.75, 3.05) is 0 Å². The first-order valence-electron chi connectivity index (χ1n) is 8.34. The Morgan fingerprint density at radius 3 is 2.54 bits per heavy atom. The van der Waals surface area contributed by atoms with Crippen molar-refractivity contribution in [3.8, 4) is 0 Å². The third-order valence-corrected chi connectivity index (χ3v) is 4.32. The number of aromatic nitrogens is 3. The minimum atomic E-state index is -0.414. The quantitative estimate of drug-likeness (QED) is 0.752. The number of amides is 2. The molecule has 7 heteroatoms. The van der Waals surface area contributed by atoms with Gasteiger partial charge in [0.15, 0.2) is 11.4 Å². The van der Waals surface area contributed by atoms with Crippen LogP contribution in [0.4, 0.5) is 0 Å². The molecule has 0 radical (unpaired) electrons. The van der Waals surface area contributed by atoms with Crippen LogP contribution in [0.25, 0.3) is 0 Å². The fraction of sp³-hybridized carbons (Fsp3) is 0.158. The molecule has 1 aromatic heterocycles. The molecule has 0 saturated carbocycles. The van der Waals surface area contributed by atoms with Crippen molar-refractivity contribution >= 4 is 11.8 Å². The predicted octanol–water partition coefficient (Wildman–Crippen LogP) is 1.69. The van der Waals surface area contributed by atoms with Gasteiger partial charge in [-0.05, 0) is 11.1 Å². The van der Waals surface area contributed by atoms with Crippen LogP contribution < -0.4 is 10.6 Å². The van der Waals surface area contributed by atoms with Crippen molar-refractivity contribution in [2.45, 2.75) is 19.1 Å². The molecule has 2 heterocycles. The first kappa shape index (κ1) is 16.0. The van der Waals surface area contributed by atoms with Gasteiger partial charge in [0.25, 0.3) is 11.8 Å². The molecule has 1 aliphatic rings. The topological polar surface area (TPSA) is 88.9 Å². The Balaban J connectivity index is 1.52. The van der Waals surface area contributed by atoms with Gasteiger partial charge < -0.3 is 10.6 Å². The van der Waals surface area contributed by atoms with E-state index < -0.39 is 5.91 Å². The molecule has 2 N–H and O–H groups in total. The Morgan fingerprint density at radius 1 is 1.12 bits per heavy atom. The number of hydrogen-bond acceptors (Lipinski definition) is 4. The molecular formula is C19H17N5O2. The number of carbonyl (C=O) groups excluding carboxylic acids is 2. The van der Waals surface area contributed by atoms with E-state index in [0.29, 0.717) is 13.1 Å². The maximum Gasteiger partial charge on any atom is 0.274 e. The van der Waals surface area contributed by atoms with Crippen LogP contribution in [0.5, 0.6) is 0 Å². The van der Waals surface area contributed by atoms with E-state index in [0.717, 1.165) is 11.1 Å². The summed E-state index contributed by atoms with van der Waals surface area (Å²) in [6, 6.07) is 19.0. The number of benzene rings is 2. The van der Waals surface area contributed by atoms with Gasteiger partial charge in [0.05, 0.1) is 12.6 Å². The number of carbonyl (C=O) groups is 2. The second-order valence-corrected chi connectivity index (χ2v) is 6.07. The Morgan fingerprint density at radius 2 is 1.81 bits per heavy atom. The minimum absolute atomic E-state index is 0.0462. The molecular weight excluding hydrogens is 330 g/mol. The molecule has 3 aromatic rings. The molecule has 26 heavy (non-hydrogen) atoms. The summed E-state index contributed by atoms with van der Waals surface area (Å²) in [5.74, 6) is -0.761. The van der Waals surface area contributed by atoms with Crippen molar-refractivity contribution in [2.24, 2.45) is 0 Å². The summed E-state index contributed by atoms with van der Waals surface area (Å²) in [6.07, 6.45) is 0. The average Bonchev–Trinajstić information content (AvgIpc) is 3.12.